The summed E-state index contributed by atoms with van der Waals surface area (Å²) < 4.78 is 0. The van der Waals surface area contributed by atoms with Crippen LogP contribution in [0.1, 0.15) is 44.6 Å². The molecule has 0 spiro atoms. The Kier molecular flexibility index (Phi) is 5.85. The van der Waals surface area contributed by atoms with Crippen molar-refractivity contribution in [1.29, 1.82) is 5.41 Å². The Morgan fingerprint density at radius 1 is 1.42 bits per heavy atom. The first-order chi connectivity index (χ1) is 12.7. The molecule has 1 aromatic heterocycles. The topological polar surface area (TPSA) is 98.5 Å². The molecular formula is C18H19N5O2S. The summed E-state index contributed by atoms with van der Waals surface area (Å²) in [7, 11) is 0. The summed E-state index contributed by atoms with van der Waals surface area (Å²) >= 11 is 1.47. The number of aromatic nitrogens is 1. The number of carbonyl (C=O) groups is 2. The maximum absolute atomic E-state index is 13.0. The molecule has 1 aliphatic rings. The summed E-state index contributed by atoms with van der Waals surface area (Å²) in [5.74, 6) is 0.0949. The molecule has 1 aliphatic heterocycles. The van der Waals surface area contributed by atoms with Gasteiger partial charge in [-0.05, 0) is 25.0 Å². The highest BCUT2D eigenvalue weighted by Crippen LogP contribution is 2.30. The normalized spacial score (nSPS) is 17.2. The van der Waals surface area contributed by atoms with Gasteiger partial charge >= 0.3 is 0 Å². The molecule has 1 amide bonds. The minimum absolute atomic E-state index is 0.0602. The van der Waals surface area contributed by atoms with E-state index in [9.17, 15) is 9.59 Å². The van der Waals surface area contributed by atoms with E-state index < -0.39 is 0 Å². The van der Waals surface area contributed by atoms with E-state index in [1.165, 1.54) is 17.6 Å². The Morgan fingerprint density at radius 2 is 2.27 bits per heavy atom. The van der Waals surface area contributed by atoms with Crippen LogP contribution in [0.25, 0.3) is 0 Å². The van der Waals surface area contributed by atoms with Crippen molar-refractivity contribution < 1.29 is 9.59 Å². The summed E-state index contributed by atoms with van der Waals surface area (Å²) in [5.41, 5.74) is 4.41. The lowest BCUT2D eigenvalue weighted by Gasteiger charge is -2.32. The van der Waals surface area contributed by atoms with E-state index in [4.69, 9.17) is 5.41 Å². The van der Waals surface area contributed by atoms with Crippen molar-refractivity contribution in [2.45, 2.75) is 18.8 Å². The number of carbonyl (C=O) groups excluding carboxylic acids is 2. The van der Waals surface area contributed by atoms with Gasteiger partial charge in [0.15, 0.2) is 6.29 Å². The van der Waals surface area contributed by atoms with Crippen molar-refractivity contribution >= 4 is 41.6 Å². The SMILES string of the molecule is N=C/C=N\Nc1ccccc1C(=O)N1CCCC(c2nc(C=O)cs2)C1. The summed E-state index contributed by atoms with van der Waals surface area (Å²) in [5, 5.41) is 13.5. The third-order valence-corrected chi connectivity index (χ3v) is 5.24. The van der Waals surface area contributed by atoms with Gasteiger partial charge in [0.25, 0.3) is 5.91 Å². The molecule has 7 nitrogen and oxygen atoms in total. The first-order valence-corrected chi connectivity index (χ1v) is 9.18. The number of para-hydroxylation sites is 1. The Morgan fingerprint density at radius 3 is 3.04 bits per heavy atom. The zero-order valence-corrected chi connectivity index (χ0v) is 14.9. The summed E-state index contributed by atoms with van der Waals surface area (Å²) in [6, 6.07) is 7.20. The van der Waals surface area contributed by atoms with Gasteiger partial charge in [-0.3, -0.25) is 15.0 Å². The van der Waals surface area contributed by atoms with Crippen LogP contribution in [-0.2, 0) is 0 Å². The van der Waals surface area contributed by atoms with E-state index >= 15 is 0 Å². The molecule has 2 N–H and O–H groups in total. The number of hydrogen-bond donors (Lipinski definition) is 2. The highest BCUT2D eigenvalue weighted by Gasteiger charge is 2.28. The van der Waals surface area contributed by atoms with Gasteiger partial charge in [-0.15, -0.1) is 11.3 Å². The van der Waals surface area contributed by atoms with E-state index in [2.05, 4.69) is 15.5 Å². The third kappa shape index (κ3) is 4.02. The fourth-order valence-corrected chi connectivity index (χ4v) is 3.88. The molecule has 0 radical (unpaired) electrons. The summed E-state index contributed by atoms with van der Waals surface area (Å²) in [6.45, 7) is 1.28. The average molecular weight is 369 g/mol. The van der Waals surface area contributed by atoms with Crippen LogP contribution < -0.4 is 5.43 Å². The number of likely N-dealkylation sites (tertiary alicyclic amines) is 1. The van der Waals surface area contributed by atoms with Gasteiger partial charge in [0.1, 0.15) is 5.69 Å². The number of aldehydes is 1. The molecule has 0 bridgehead atoms. The molecular weight excluding hydrogens is 350 g/mol. The van der Waals surface area contributed by atoms with Crippen molar-refractivity contribution in [2.24, 2.45) is 5.10 Å². The summed E-state index contributed by atoms with van der Waals surface area (Å²) in [4.78, 5) is 30.0. The molecule has 1 unspecified atom stereocenters. The molecule has 134 valence electrons. The Hall–Kier alpha value is -2.87. The second-order valence-electron chi connectivity index (χ2n) is 5.92. The maximum atomic E-state index is 13.0. The predicted octanol–water partition coefficient (Wildman–Crippen LogP) is 3.02. The quantitative estimate of drug-likeness (QED) is 0.464. The number of anilines is 1. The fourth-order valence-electron chi connectivity index (χ4n) is 2.99. The van der Waals surface area contributed by atoms with Gasteiger partial charge in [-0.1, -0.05) is 12.1 Å². The number of nitrogens with zero attached hydrogens (tertiary/aromatic N) is 3. The van der Waals surface area contributed by atoms with E-state index in [1.54, 1.807) is 17.5 Å². The minimum Gasteiger partial charge on any atom is -0.338 e. The lowest BCUT2D eigenvalue weighted by molar-refractivity contribution is 0.0707. The molecule has 0 aliphatic carbocycles. The standard InChI is InChI=1S/C18H19N5O2S/c19-7-8-20-22-16-6-2-1-5-15(16)18(25)23-9-3-4-13(10-23)17-21-14(11-24)12-26-17/h1-2,5-8,11-13,19,22H,3-4,9-10H2/b19-7?,20-8-. The highest BCUT2D eigenvalue weighted by atomic mass is 32.1. The van der Waals surface area contributed by atoms with E-state index in [1.807, 2.05) is 17.0 Å². The number of thiazole rings is 1. The monoisotopic (exact) mass is 369 g/mol. The van der Waals surface area contributed by atoms with Gasteiger partial charge < -0.3 is 10.3 Å². The lowest BCUT2D eigenvalue weighted by atomic mass is 9.97. The molecule has 0 saturated carbocycles. The van der Waals surface area contributed by atoms with E-state index in [0.717, 1.165) is 30.4 Å². The molecule has 1 atom stereocenters. The van der Waals surface area contributed by atoms with E-state index in [0.29, 0.717) is 30.0 Å². The first-order valence-electron chi connectivity index (χ1n) is 8.30. The zero-order chi connectivity index (χ0) is 18.4. The molecule has 1 fully saturated rings. The van der Waals surface area contributed by atoms with Crippen LogP contribution >= 0.6 is 11.3 Å². The number of nitrogens with one attached hydrogen (secondary N) is 2. The van der Waals surface area contributed by atoms with Crippen LogP contribution in [0.15, 0.2) is 34.7 Å². The molecule has 1 aromatic carbocycles. The largest absolute Gasteiger partial charge is 0.338 e. The molecule has 1 saturated heterocycles. The van der Waals surface area contributed by atoms with Crippen LogP contribution in [0.4, 0.5) is 5.69 Å². The lowest BCUT2D eigenvalue weighted by Crippen LogP contribution is -2.39. The van der Waals surface area contributed by atoms with Gasteiger partial charge in [0, 0.05) is 30.6 Å². The van der Waals surface area contributed by atoms with Gasteiger partial charge in [-0.25, -0.2) is 4.98 Å². The second kappa shape index (κ2) is 8.48. The van der Waals surface area contributed by atoms with Crippen LogP contribution in [0.5, 0.6) is 0 Å². The number of hydrazone groups is 1. The smallest absolute Gasteiger partial charge is 0.256 e. The number of amides is 1. The van der Waals surface area contributed by atoms with Crippen LogP contribution in [0, 0.1) is 5.41 Å². The molecule has 3 rings (SSSR count). The van der Waals surface area contributed by atoms with Crippen LogP contribution in [0.2, 0.25) is 0 Å². The first kappa shape index (κ1) is 17.9. The number of benzene rings is 1. The predicted molar refractivity (Wildman–Crippen MR) is 103 cm³/mol. The Balaban J connectivity index is 1.76. The molecule has 2 heterocycles. The maximum Gasteiger partial charge on any atom is 0.256 e. The van der Waals surface area contributed by atoms with Crippen molar-refractivity contribution in [2.75, 3.05) is 18.5 Å². The van der Waals surface area contributed by atoms with Gasteiger partial charge in [0.2, 0.25) is 0 Å². The number of piperidine rings is 1. The Labute approximate surface area is 155 Å². The Bertz CT molecular complexity index is 832. The van der Waals surface area contributed by atoms with Crippen LogP contribution in [-0.4, -0.2) is 47.6 Å². The van der Waals surface area contributed by atoms with Crippen molar-refractivity contribution in [3.63, 3.8) is 0 Å². The van der Waals surface area contributed by atoms with Gasteiger partial charge in [-0.2, -0.15) is 5.10 Å². The number of rotatable bonds is 6. The van der Waals surface area contributed by atoms with Crippen molar-refractivity contribution in [1.82, 2.24) is 9.88 Å². The van der Waals surface area contributed by atoms with Crippen molar-refractivity contribution in [3.8, 4) is 0 Å². The third-order valence-electron chi connectivity index (χ3n) is 4.21. The van der Waals surface area contributed by atoms with Gasteiger partial charge in [0.05, 0.1) is 22.5 Å². The minimum atomic E-state index is -0.0602. The van der Waals surface area contributed by atoms with Crippen LogP contribution in [0.3, 0.4) is 0 Å². The zero-order valence-electron chi connectivity index (χ0n) is 14.1. The summed E-state index contributed by atoms with van der Waals surface area (Å²) in [6.07, 6.45) is 4.98. The average Bonchev–Trinajstić information content (AvgIpc) is 3.17. The molecule has 2 aromatic rings. The fraction of sp³-hybridized carbons (Fsp3) is 0.278. The van der Waals surface area contributed by atoms with E-state index in [-0.39, 0.29) is 11.8 Å². The molecule has 8 heteroatoms. The second-order valence-corrected chi connectivity index (χ2v) is 6.81. The number of hydrogen-bond acceptors (Lipinski definition) is 7. The highest BCUT2D eigenvalue weighted by molar-refractivity contribution is 7.09. The van der Waals surface area contributed by atoms with Crippen molar-refractivity contribution in [3.05, 3.63) is 45.9 Å². The molecule has 26 heavy (non-hydrogen) atoms.